The number of methoxy groups -OCH3 is 1. The van der Waals surface area contributed by atoms with E-state index in [-0.39, 0.29) is 31.0 Å². The molecule has 1 heterocycles. The van der Waals surface area contributed by atoms with E-state index in [9.17, 15) is 9.59 Å². The predicted octanol–water partition coefficient (Wildman–Crippen LogP) is 2.27. The van der Waals surface area contributed by atoms with E-state index in [0.29, 0.717) is 13.2 Å². The Bertz CT molecular complexity index is 499. The van der Waals surface area contributed by atoms with Crippen molar-refractivity contribution in [2.24, 2.45) is 5.92 Å². The zero-order valence-electron chi connectivity index (χ0n) is 13.3. The molecule has 0 bridgehead atoms. The Labute approximate surface area is 136 Å². The molecule has 1 aliphatic heterocycles. The van der Waals surface area contributed by atoms with Crippen molar-refractivity contribution in [3.8, 4) is 0 Å². The first-order chi connectivity index (χ1) is 11.2. The van der Waals surface area contributed by atoms with Crippen molar-refractivity contribution in [1.82, 2.24) is 5.32 Å². The van der Waals surface area contributed by atoms with Gasteiger partial charge in [-0.15, -0.1) is 0 Å². The zero-order chi connectivity index (χ0) is 16.5. The van der Waals surface area contributed by atoms with Crippen molar-refractivity contribution in [2.75, 3.05) is 20.3 Å². The summed E-state index contributed by atoms with van der Waals surface area (Å²) in [5.41, 5.74) is 0.915. The number of carbonyl (C=O) groups is 2. The van der Waals surface area contributed by atoms with Gasteiger partial charge in [-0.3, -0.25) is 4.79 Å². The Morgan fingerprint density at radius 3 is 2.61 bits per heavy atom. The molecule has 1 saturated heterocycles. The van der Waals surface area contributed by atoms with Crippen LogP contribution in [0.4, 0.5) is 4.79 Å². The van der Waals surface area contributed by atoms with Crippen LogP contribution in [-0.4, -0.2) is 38.4 Å². The SMILES string of the molecule is COC(=O)CC(NC(=O)OCc1ccccc1)C1CCOCC1. The van der Waals surface area contributed by atoms with Crippen molar-refractivity contribution in [1.29, 1.82) is 0 Å². The number of benzene rings is 1. The summed E-state index contributed by atoms with van der Waals surface area (Å²) in [6, 6.07) is 9.16. The first kappa shape index (κ1) is 17.3. The van der Waals surface area contributed by atoms with Crippen LogP contribution < -0.4 is 5.32 Å². The normalized spacial score (nSPS) is 16.4. The lowest BCUT2D eigenvalue weighted by Crippen LogP contribution is -2.44. The van der Waals surface area contributed by atoms with Crippen LogP contribution in [0.15, 0.2) is 30.3 Å². The van der Waals surface area contributed by atoms with Crippen molar-refractivity contribution in [2.45, 2.75) is 31.9 Å². The minimum Gasteiger partial charge on any atom is -0.469 e. The Hall–Kier alpha value is -2.08. The Kier molecular flexibility index (Phi) is 6.87. The predicted molar refractivity (Wildman–Crippen MR) is 83.7 cm³/mol. The van der Waals surface area contributed by atoms with Gasteiger partial charge in [0.05, 0.1) is 13.5 Å². The summed E-state index contributed by atoms with van der Waals surface area (Å²) in [7, 11) is 1.34. The van der Waals surface area contributed by atoms with Gasteiger partial charge in [0.15, 0.2) is 0 Å². The van der Waals surface area contributed by atoms with Crippen LogP contribution in [0.1, 0.15) is 24.8 Å². The van der Waals surface area contributed by atoms with Crippen LogP contribution in [0.2, 0.25) is 0 Å². The largest absolute Gasteiger partial charge is 0.469 e. The number of hydrogen-bond donors (Lipinski definition) is 1. The highest BCUT2D eigenvalue weighted by molar-refractivity contribution is 5.72. The smallest absolute Gasteiger partial charge is 0.407 e. The summed E-state index contributed by atoms with van der Waals surface area (Å²) in [6.07, 6.45) is 1.23. The molecule has 1 aromatic carbocycles. The molecular weight excluding hydrogens is 298 g/mol. The van der Waals surface area contributed by atoms with E-state index in [1.807, 2.05) is 30.3 Å². The number of nitrogens with one attached hydrogen (secondary N) is 1. The highest BCUT2D eigenvalue weighted by Crippen LogP contribution is 2.21. The molecule has 0 radical (unpaired) electrons. The van der Waals surface area contributed by atoms with Crippen LogP contribution in [0.5, 0.6) is 0 Å². The second kappa shape index (κ2) is 9.15. The van der Waals surface area contributed by atoms with Gasteiger partial charge in [-0.05, 0) is 24.3 Å². The summed E-state index contributed by atoms with van der Waals surface area (Å²) in [5, 5.41) is 2.80. The maximum absolute atomic E-state index is 12.0. The lowest BCUT2D eigenvalue weighted by Gasteiger charge is -2.30. The molecule has 1 amide bonds. The number of ether oxygens (including phenoxy) is 3. The van der Waals surface area contributed by atoms with E-state index < -0.39 is 6.09 Å². The van der Waals surface area contributed by atoms with Gasteiger partial charge in [0.2, 0.25) is 0 Å². The first-order valence-electron chi connectivity index (χ1n) is 7.81. The topological polar surface area (TPSA) is 73.9 Å². The average Bonchev–Trinajstić information content (AvgIpc) is 2.61. The standard InChI is InChI=1S/C17H23NO5/c1-21-16(19)11-15(14-7-9-22-10-8-14)18-17(20)23-12-13-5-3-2-4-6-13/h2-6,14-15H,7-12H2,1H3,(H,18,20). The van der Waals surface area contributed by atoms with Crippen LogP contribution in [0.3, 0.4) is 0 Å². The summed E-state index contributed by atoms with van der Waals surface area (Å²) >= 11 is 0. The molecule has 23 heavy (non-hydrogen) atoms. The molecule has 0 aliphatic carbocycles. The summed E-state index contributed by atoms with van der Waals surface area (Å²) in [5.74, 6) is -0.156. The maximum Gasteiger partial charge on any atom is 0.407 e. The van der Waals surface area contributed by atoms with Gasteiger partial charge in [0.25, 0.3) is 0 Å². The first-order valence-corrected chi connectivity index (χ1v) is 7.81. The quantitative estimate of drug-likeness (QED) is 0.814. The van der Waals surface area contributed by atoms with Crippen molar-refractivity contribution >= 4 is 12.1 Å². The third-order valence-corrected chi connectivity index (χ3v) is 3.97. The van der Waals surface area contributed by atoms with E-state index in [1.54, 1.807) is 0 Å². The van der Waals surface area contributed by atoms with Crippen LogP contribution in [-0.2, 0) is 25.6 Å². The number of hydrogen-bond acceptors (Lipinski definition) is 5. The fourth-order valence-corrected chi connectivity index (χ4v) is 2.63. The van der Waals surface area contributed by atoms with Gasteiger partial charge in [-0.2, -0.15) is 0 Å². The average molecular weight is 321 g/mol. The second-order valence-electron chi connectivity index (χ2n) is 5.54. The van der Waals surface area contributed by atoms with Gasteiger partial charge < -0.3 is 19.5 Å². The number of esters is 1. The third kappa shape index (κ3) is 5.90. The molecule has 0 aromatic heterocycles. The Morgan fingerprint density at radius 2 is 1.96 bits per heavy atom. The monoisotopic (exact) mass is 321 g/mol. The van der Waals surface area contributed by atoms with Gasteiger partial charge in [-0.1, -0.05) is 30.3 Å². The highest BCUT2D eigenvalue weighted by atomic mass is 16.5. The Balaban J connectivity index is 1.87. The van der Waals surface area contributed by atoms with Crippen molar-refractivity contribution in [3.05, 3.63) is 35.9 Å². The molecule has 1 N–H and O–H groups in total. The molecule has 1 fully saturated rings. The maximum atomic E-state index is 12.0. The molecule has 0 spiro atoms. The molecule has 2 rings (SSSR count). The highest BCUT2D eigenvalue weighted by Gasteiger charge is 2.28. The molecule has 1 atom stereocenters. The van der Waals surface area contributed by atoms with Crippen LogP contribution in [0, 0.1) is 5.92 Å². The molecule has 6 nitrogen and oxygen atoms in total. The lowest BCUT2D eigenvalue weighted by molar-refractivity contribution is -0.141. The molecule has 1 unspecified atom stereocenters. The molecule has 0 saturated carbocycles. The van der Waals surface area contributed by atoms with E-state index in [0.717, 1.165) is 18.4 Å². The lowest BCUT2D eigenvalue weighted by atomic mass is 9.90. The van der Waals surface area contributed by atoms with Gasteiger partial charge >= 0.3 is 12.1 Å². The fraction of sp³-hybridized carbons (Fsp3) is 0.529. The van der Waals surface area contributed by atoms with Crippen LogP contribution in [0.25, 0.3) is 0 Å². The molecule has 1 aromatic rings. The minimum absolute atomic E-state index is 0.140. The number of amides is 1. The molecule has 126 valence electrons. The van der Waals surface area contributed by atoms with E-state index >= 15 is 0 Å². The van der Waals surface area contributed by atoms with E-state index in [2.05, 4.69) is 5.32 Å². The second-order valence-corrected chi connectivity index (χ2v) is 5.54. The summed E-state index contributed by atoms with van der Waals surface area (Å²) < 4.78 is 15.3. The Morgan fingerprint density at radius 1 is 1.26 bits per heavy atom. The fourth-order valence-electron chi connectivity index (χ4n) is 2.63. The van der Waals surface area contributed by atoms with Crippen molar-refractivity contribution < 1.29 is 23.8 Å². The van der Waals surface area contributed by atoms with Gasteiger partial charge in [-0.25, -0.2) is 4.79 Å². The van der Waals surface area contributed by atoms with E-state index in [1.165, 1.54) is 7.11 Å². The summed E-state index contributed by atoms with van der Waals surface area (Å²) in [6.45, 7) is 1.48. The third-order valence-electron chi connectivity index (χ3n) is 3.97. The van der Waals surface area contributed by atoms with Gasteiger partial charge in [0, 0.05) is 19.3 Å². The minimum atomic E-state index is -0.519. The number of carbonyl (C=O) groups excluding carboxylic acids is 2. The van der Waals surface area contributed by atoms with Gasteiger partial charge in [0.1, 0.15) is 6.61 Å². The zero-order valence-corrected chi connectivity index (χ0v) is 13.3. The molecular formula is C17H23NO5. The number of rotatable bonds is 6. The van der Waals surface area contributed by atoms with Crippen LogP contribution >= 0.6 is 0 Å². The molecule has 6 heteroatoms. The van der Waals surface area contributed by atoms with E-state index in [4.69, 9.17) is 14.2 Å². The summed E-state index contributed by atoms with van der Waals surface area (Å²) in [4.78, 5) is 23.6. The number of alkyl carbamates (subject to hydrolysis) is 1. The molecule has 1 aliphatic rings. The van der Waals surface area contributed by atoms with Crippen molar-refractivity contribution in [3.63, 3.8) is 0 Å².